The van der Waals surface area contributed by atoms with E-state index in [2.05, 4.69) is 20.6 Å². The normalized spacial score (nSPS) is 10.6. The lowest BCUT2D eigenvalue weighted by atomic mass is 10.3. The maximum atomic E-state index is 12.9. The first kappa shape index (κ1) is 14.3. The van der Waals surface area contributed by atoms with Crippen molar-refractivity contribution >= 4 is 22.4 Å². The number of benzene rings is 1. The molecule has 0 bridgehead atoms. The summed E-state index contributed by atoms with van der Waals surface area (Å²) in [7, 11) is 0. The molecule has 0 atom stereocenters. The van der Waals surface area contributed by atoms with Gasteiger partial charge in [-0.2, -0.15) is 5.10 Å². The highest BCUT2D eigenvalue weighted by molar-refractivity contribution is 7.15. The highest BCUT2D eigenvalue weighted by Crippen LogP contribution is 2.16. The van der Waals surface area contributed by atoms with Gasteiger partial charge in [-0.05, 0) is 36.8 Å². The van der Waals surface area contributed by atoms with Crippen molar-refractivity contribution in [2.24, 2.45) is 0 Å². The van der Waals surface area contributed by atoms with Crippen LogP contribution < -0.4 is 5.32 Å². The summed E-state index contributed by atoms with van der Waals surface area (Å²) in [5, 5.41) is 15.9. The molecule has 3 rings (SSSR count). The van der Waals surface area contributed by atoms with E-state index in [1.54, 1.807) is 24.4 Å². The maximum absolute atomic E-state index is 12.9. The molecule has 0 saturated heterocycles. The highest BCUT2D eigenvalue weighted by Gasteiger charge is 2.13. The zero-order valence-electron chi connectivity index (χ0n) is 11.7. The Labute approximate surface area is 129 Å². The Morgan fingerprint density at radius 1 is 1.27 bits per heavy atom. The fraction of sp³-hybridized carbons (Fsp3) is 0.143. The van der Waals surface area contributed by atoms with E-state index in [-0.39, 0.29) is 17.4 Å². The molecule has 0 radical (unpaired) electrons. The second-order valence-electron chi connectivity index (χ2n) is 4.43. The van der Waals surface area contributed by atoms with Crippen LogP contribution in [0.15, 0.2) is 36.5 Å². The predicted molar refractivity (Wildman–Crippen MR) is 80.8 cm³/mol. The van der Waals surface area contributed by atoms with Crippen LogP contribution in [0.4, 0.5) is 9.52 Å². The molecular formula is C14H12FN5OS. The molecule has 1 aromatic carbocycles. The molecule has 1 amide bonds. The molecule has 0 aliphatic carbocycles. The van der Waals surface area contributed by atoms with Crippen LogP contribution in [-0.2, 0) is 6.42 Å². The minimum atomic E-state index is -0.361. The zero-order valence-corrected chi connectivity index (χ0v) is 12.5. The Morgan fingerprint density at radius 2 is 2.05 bits per heavy atom. The second-order valence-corrected chi connectivity index (χ2v) is 5.49. The summed E-state index contributed by atoms with van der Waals surface area (Å²) in [5.74, 6) is -0.684. The quantitative estimate of drug-likeness (QED) is 0.803. The molecule has 0 aliphatic heterocycles. The fourth-order valence-electron chi connectivity index (χ4n) is 1.79. The fourth-order valence-corrected chi connectivity index (χ4v) is 2.47. The standard InChI is InChI=1S/C14H12FN5OS/c1-2-12-17-18-14(22-12)16-13(21)11-7-8-20(19-11)10-5-3-9(15)4-6-10/h3-8H,2H2,1H3,(H,16,18,21). The van der Waals surface area contributed by atoms with Gasteiger partial charge in [0.1, 0.15) is 10.8 Å². The number of aromatic nitrogens is 4. The molecule has 3 aromatic rings. The number of halogens is 1. The molecule has 0 saturated carbocycles. The van der Waals surface area contributed by atoms with E-state index >= 15 is 0 Å². The maximum Gasteiger partial charge on any atom is 0.277 e. The van der Waals surface area contributed by atoms with Crippen molar-refractivity contribution in [3.05, 3.63) is 53.0 Å². The summed E-state index contributed by atoms with van der Waals surface area (Å²) in [6.45, 7) is 1.97. The van der Waals surface area contributed by atoms with Crippen LogP contribution in [0.5, 0.6) is 0 Å². The van der Waals surface area contributed by atoms with Gasteiger partial charge in [-0.25, -0.2) is 9.07 Å². The summed E-state index contributed by atoms with van der Waals surface area (Å²) < 4.78 is 14.4. The summed E-state index contributed by atoms with van der Waals surface area (Å²) in [4.78, 5) is 12.1. The van der Waals surface area contributed by atoms with E-state index in [1.165, 1.54) is 28.2 Å². The van der Waals surface area contributed by atoms with Gasteiger partial charge in [-0.3, -0.25) is 10.1 Å². The van der Waals surface area contributed by atoms with Gasteiger partial charge in [0, 0.05) is 6.20 Å². The Hall–Kier alpha value is -2.61. The van der Waals surface area contributed by atoms with Crippen LogP contribution in [0.2, 0.25) is 0 Å². The van der Waals surface area contributed by atoms with Crippen molar-refractivity contribution in [3.63, 3.8) is 0 Å². The minimum Gasteiger partial charge on any atom is -0.295 e. The van der Waals surface area contributed by atoms with Gasteiger partial charge < -0.3 is 0 Å². The van der Waals surface area contributed by atoms with Gasteiger partial charge >= 0.3 is 0 Å². The minimum absolute atomic E-state index is 0.248. The summed E-state index contributed by atoms with van der Waals surface area (Å²) in [5.41, 5.74) is 0.919. The third-order valence-electron chi connectivity index (χ3n) is 2.90. The van der Waals surface area contributed by atoms with Crippen molar-refractivity contribution in [1.82, 2.24) is 20.0 Å². The first-order valence-corrected chi connectivity index (χ1v) is 7.42. The number of nitrogens with one attached hydrogen (secondary N) is 1. The number of amides is 1. The largest absolute Gasteiger partial charge is 0.295 e. The first-order valence-electron chi connectivity index (χ1n) is 6.61. The van der Waals surface area contributed by atoms with Crippen molar-refractivity contribution in [3.8, 4) is 5.69 Å². The molecule has 112 valence electrons. The average Bonchev–Trinajstić information content (AvgIpc) is 3.17. The van der Waals surface area contributed by atoms with Crippen LogP contribution in [-0.4, -0.2) is 25.9 Å². The second kappa shape index (κ2) is 6.02. The summed E-state index contributed by atoms with van der Waals surface area (Å²) >= 11 is 1.33. The van der Waals surface area contributed by atoms with Gasteiger partial charge in [0.25, 0.3) is 5.91 Å². The molecular weight excluding hydrogens is 305 g/mol. The lowest BCUT2D eigenvalue weighted by Crippen LogP contribution is -2.13. The highest BCUT2D eigenvalue weighted by atomic mass is 32.1. The number of hydrogen-bond donors (Lipinski definition) is 1. The molecule has 2 heterocycles. The van der Waals surface area contributed by atoms with Crippen molar-refractivity contribution in [1.29, 1.82) is 0 Å². The SMILES string of the molecule is CCc1nnc(NC(=O)c2ccn(-c3ccc(F)cc3)n2)s1. The van der Waals surface area contributed by atoms with E-state index in [0.29, 0.717) is 10.8 Å². The van der Waals surface area contributed by atoms with Crippen LogP contribution in [0.25, 0.3) is 5.69 Å². The molecule has 0 spiro atoms. The zero-order chi connectivity index (χ0) is 15.5. The van der Waals surface area contributed by atoms with E-state index in [0.717, 1.165) is 11.4 Å². The van der Waals surface area contributed by atoms with Crippen LogP contribution in [0.3, 0.4) is 0 Å². The van der Waals surface area contributed by atoms with Gasteiger partial charge in [0.05, 0.1) is 5.69 Å². The number of carbonyl (C=O) groups excluding carboxylic acids is 1. The lowest BCUT2D eigenvalue weighted by Gasteiger charge is -2.00. The molecule has 1 N–H and O–H groups in total. The Balaban J connectivity index is 1.75. The lowest BCUT2D eigenvalue weighted by molar-refractivity contribution is 0.102. The Bertz CT molecular complexity index is 796. The molecule has 0 aliphatic rings. The van der Waals surface area contributed by atoms with Gasteiger partial charge in [0.15, 0.2) is 5.69 Å². The van der Waals surface area contributed by atoms with E-state index in [4.69, 9.17) is 0 Å². The van der Waals surface area contributed by atoms with Gasteiger partial charge in [0.2, 0.25) is 5.13 Å². The number of nitrogens with zero attached hydrogens (tertiary/aromatic N) is 4. The monoisotopic (exact) mass is 317 g/mol. The van der Waals surface area contributed by atoms with Crippen molar-refractivity contribution < 1.29 is 9.18 Å². The van der Waals surface area contributed by atoms with E-state index in [1.807, 2.05) is 6.92 Å². The third kappa shape index (κ3) is 3.01. The average molecular weight is 317 g/mol. The molecule has 0 fully saturated rings. The van der Waals surface area contributed by atoms with Crippen molar-refractivity contribution in [2.75, 3.05) is 5.32 Å². The van der Waals surface area contributed by atoms with Crippen molar-refractivity contribution in [2.45, 2.75) is 13.3 Å². The Kier molecular flexibility index (Phi) is 3.92. The molecule has 6 nitrogen and oxygen atoms in total. The predicted octanol–water partition coefficient (Wildman–Crippen LogP) is 2.68. The van der Waals surface area contributed by atoms with Crippen LogP contribution in [0, 0.1) is 5.82 Å². The Morgan fingerprint density at radius 3 is 2.73 bits per heavy atom. The summed E-state index contributed by atoms with van der Waals surface area (Å²) in [6, 6.07) is 7.43. The number of rotatable bonds is 4. The topological polar surface area (TPSA) is 72.7 Å². The molecule has 0 unspecified atom stereocenters. The number of anilines is 1. The summed E-state index contributed by atoms with van der Waals surface area (Å²) in [6.07, 6.45) is 2.41. The molecule has 2 aromatic heterocycles. The number of aryl methyl sites for hydroxylation is 1. The van der Waals surface area contributed by atoms with Gasteiger partial charge in [-0.1, -0.05) is 18.3 Å². The van der Waals surface area contributed by atoms with E-state index < -0.39 is 0 Å². The number of carbonyl (C=O) groups is 1. The van der Waals surface area contributed by atoms with E-state index in [9.17, 15) is 9.18 Å². The number of hydrogen-bond acceptors (Lipinski definition) is 5. The van der Waals surface area contributed by atoms with Crippen LogP contribution >= 0.6 is 11.3 Å². The molecule has 22 heavy (non-hydrogen) atoms. The molecule has 8 heteroatoms. The van der Waals surface area contributed by atoms with Gasteiger partial charge in [-0.15, -0.1) is 10.2 Å². The third-order valence-corrected chi connectivity index (χ3v) is 3.89. The smallest absolute Gasteiger partial charge is 0.277 e. The first-order chi connectivity index (χ1) is 10.7. The van der Waals surface area contributed by atoms with Crippen LogP contribution in [0.1, 0.15) is 22.4 Å².